The predicted molar refractivity (Wildman–Crippen MR) is 77.6 cm³/mol. The van der Waals surface area contributed by atoms with Gasteiger partial charge in [-0.3, -0.25) is 0 Å². The van der Waals surface area contributed by atoms with E-state index in [4.69, 9.17) is 0 Å². The number of hydrogen-bond acceptors (Lipinski definition) is 4. The summed E-state index contributed by atoms with van der Waals surface area (Å²) in [7, 11) is 0. The predicted octanol–water partition coefficient (Wildman–Crippen LogP) is 5.18. The molecule has 0 aliphatic rings. The van der Waals surface area contributed by atoms with Crippen LogP contribution >= 0.6 is 54.5 Å². The fourth-order valence-corrected chi connectivity index (χ4v) is 4.05. The van der Waals surface area contributed by atoms with E-state index in [-0.39, 0.29) is 0 Å². The van der Waals surface area contributed by atoms with Crippen LogP contribution in [0.4, 0.5) is 0 Å². The number of halogens is 2. The van der Waals surface area contributed by atoms with Crippen molar-refractivity contribution < 1.29 is 0 Å². The van der Waals surface area contributed by atoms with Gasteiger partial charge >= 0.3 is 0 Å². The Kier molecular flexibility index (Phi) is 4.15. The molecule has 0 bridgehead atoms. The van der Waals surface area contributed by atoms with E-state index in [1.54, 1.807) is 22.7 Å². The second kappa shape index (κ2) is 5.25. The third kappa shape index (κ3) is 2.55. The second-order valence-corrected chi connectivity index (χ2v) is 7.87. The van der Waals surface area contributed by atoms with Gasteiger partial charge in [-0.2, -0.15) is 0 Å². The van der Waals surface area contributed by atoms with Crippen LogP contribution in [0.5, 0.6) is 0 Å². The molecule has 2 heterocycles. The van der Waals surface area contributed by atoms with Gasteiger partial charge in [0.1, 0.15) is 5.01 Å². The lowest BCUT2D eigenvalue weighted by Gasteiger charge is -1.97. The maximum atomic E-state index is 4.24. The van der Waals surface area contributed by atoms with Crippen LogP contribution in [0.15, 0.2) is 9.85 Å². The van der Waals surface area contributed by atoms with Crippen LogP contribution in [-0.4, -0.2) is 10.2 Å². The fraction of sp³-hybridized carbons (Fsp3) is 0.400. The number of rotatable bonds is 3. The van der Waals surface area contributed by atoms with Crippen LogP contribution in [0.2, 0.25) is 0 Å². The molecule has 16 heavy (non-hydrogen) atoms. The van der Waals surface area contributed by atoms with E-state index >= 15 is 0 Å². The van der Waals surface area contributed by atoms with Crippen molar-refractivity contribution in [3.05, 3.63) is 20.4 Å². The molecule has 0 amide bonds. The summed E-state index contributed by atoms with van der Waals surface area (Å²) < 4.78 is 1.17. The number of nitrogens with zero attached hydrogens (tertiary/aromatic N) is 2. The summed E-state index contributed by atoms with van der Waals surface area (Å²) in [6.45, 7) is 4.22. The average Bonchev–Trinajstić information content (AvgIpc) is 2.86. The Bertz CT molecular complexity index is 473. The maximum Gasteiger partial charge on any atom is 0.157 e. The van der Waals surface area contributed by atoms with E-state index in [0.717, 1.165) is 16.4 Å². The summed E-state index contributed by atoms with van der Waals surface area (Å²) in [6.07, 6.45) is 1.03. The Balaban J connectivity index is 2.31. The zero-order valence-corrected chi connectivity index (χ0v) is 13.6. The molecular weight excluding hydrogens is 372 g/mol. The Morgan fingerprint density at radius 2 is 2.12 bits per heavy atom. The Morgan fingerprint density at radius 3 is 2.69 bits per heavy atom. The minimum atomic E-state index is 0.322. The Morgan fingerprint density at radius 1 is 1.38 bits per heavy atom. The third-order valence-electron chi connectivity index (χ3n) is 2.13. The molecule has 0 fully saturated rings. The van der Waals surface area contributed by atoms with Crippen LogP contribution in [-0.2, 0) is 0 Å². The Labute approximate surface area is 119 Å². The van der Waals surface area contributed by atoms with E-state index in [9.17, 15) is 0 Å². The summed E-state index contributed by atoms with van der Waals surface area (Å²) in [6, 6.07) is 2.15. The van der Waals surface area contributed by atoms with Crippen molar-refractivity contribution in [2.45, 2.75) is 25.1 Å². The molecule has 0 aliphatic heterocycles. The second-order valence-electron chi connectivity index (χ2n) is 3.39. The van der Waals surface area contributed by atoms with Crippen molar-refractivity contribution in [3.63, 3.8) is 0 Å². The highest BCUT2D eigenvalue weighted by atomic mass is 79.9. The van der Waals surface area contributed by atoms with Crippen LogP contribution < -0.4 is 0 Å². The molecule has 6 heteroatoms. The van der Waals surface area contributed by atoms with Gasteiger partial charge in [0.2, 0.25) is 0 Å². The minimum absolute atomic E-state index is 0.322. The van der Waals surface area contributed by atoms with Crippen molar-refractivity contribution in [2.75, 3.05) is 0 Å². The largest absolute Gasteiger partial charge is 0.157 e. The van der Waals surface area contributed by atoms with E-state index < -0.39 is 0 Å². The molecule has 86 valence electrons. The quantitative estimate of drug-likeness (QED) is 0.684. The molecule has 0 N–H and O–H groups in total. The first-order chi connectivity index (χ1) is 7.61. The Hall–Kier alpha value is 0.220. The first kappa shape index (κ1) is 12.7. The molecular formula is C10H10Br2N2S2. The van der Waals surface area contributed by atoms with Crippen molar-refractivity contribution in [2.24, 2.45) is 0 Å². The number of hydrogen-bond donors (Lipinski definition) is 0. The van der Waals surface area contributed by atoms with Gasteiger partial charge in [-0.05, 0) is 40.9 Å². The minimum Gasteiger partial charge on any atom is -0.142 e. The van der Waals surface area contributed by atoms with Gasteiger partial charge in [0.05, 0.1) is 13.5 Å². The van der Waals surface area contributed by atoms with Crippen molar-refractivity contribution in [1.82, 2.24) is 10.2 Å². The first-order valence-electron chi connectivity index (χ1n) is 4.85. The molecule has 0 aliphatic carbocycles. The standard InChI is InChI=1S/C10H10Br2N2S2/c1-3-6(11)9-13-14-10(16-9)7-4-5(2)8(12)15-7/h4,6H,3H2,1-2H3. The lowest BCUT2D eigenvalue weighted by atomic mass is 10.3. The van der Waals surface area contributed by atoms with Crippen molar-refractivity contribution >= 4 is 54.5 Å². The van der Waals surface area contributed by atoms with Gasteiger partial charge in [0.15, 0.2) is 5.01 Å². The molecule has 0 aromatic carbocycles. The molecule has 0 spiro atoms. The molecule has 0 radical (unpaired) electrons. The van der Waals surface area contributed by atoms with Crippen LogP contribution in [0, 0.1) is 6.92 Å². The van der Waals surface area contributed by atoms with Gasteiger partial charge < -0.3 is 0 Å². The molecule has 1 unspecified atom stereocenters. The van der Waals surface area contributed by atoms with E-state index in [1.807, 2.05) is 0 Å². The third-order valence-corrected chi connectivity index (χ3v) is 6.86. The highest BCUT2D eigenvalue weighted by Crippen LogP contribution is 2.38. The van der Waals surface area contributed by atoms with Crippen molar-refractivity contribution in [3.8, 4) is 9.88 Å². The summed E-state index contributed by atoms with van der Waals surface area (Å²) in [5, 5.41) is 10.5. The highest BCUT2D eigenvalue weighted by molar-refractivity contribution is 9.11. The zero-order valence-electron chi connectivity index (χ0n) is 8.83. The van der Waals surface area contributed by atoms with Crippen LogP contribution in [0.3, 0.4) is 0 Å². The molecule has 2 nitrogen and oxygen atoms in total. The van der Waals surface area contributed by atoms with Gasteiger partial charge in [-0.15, -0.1) is 21.5 Å². The topological polar surface area (TPSA) is 25.8 Å². The average molecular weight is 382 g/mol. The number of aromatic nitrogens is 2. The fourth-order valence-electron chi connectivity index (χ4n) is 1.20. The lowest BCUT2D eigenvalue weighted by Crippen LogP contribution is -1.84. The molecule has 0 saturated heterocycles. The molecule has 0 saturated carbocycles. The summed E-state index contributed by atoms with van der Waals surface area (Å²) in [4.78, 5) is 1.51. The number of aryl methyl sites for hydroxylation is 1. The lowest BCUT2D eigenvalue weighted by molar-refractivity contribution is 0.870. The van der Waals surface area contributed by atoms with Gasteiger partial charge in [0.25, 0.3) is 0 Å². The molecule has 2 rings (SSSR count). The monoisotopic (exact) mass is 380 g/mol. The normalized spacial score (nSPS) is 13.0. The van der Waals surface area contributed by atoms with Crippen molar-refractivity contribution in [1.29, 1.82) is 0 Å². The summed E-state index contributed by atoms with van der Waals surface area (Å²) >= 11 is 10.5. The zero-order chi connectivity index (χ0) is 11.7. The highest BCUT2D eigenvalue weighted by Gasteiger charge is 2.14. The van der Waals surface area contributed by atoms with Crippen LogP contribution in [0.1, 0.15) is 28.7 Å². The molecule has 2 aromatic heterocycles. The summed E-state index contributed by atoms with van der Waals surface area (Å²) in [5.74, 6) is 0. The van der Waals surface area contributed by atoms with Crippen LogP contribution in [0.25, 0.3) is 9.88 Å². The maximum absolute atomic E-state index is 4.24. The summed E-state index contributed by atoms with van der Waals surface area (Å²) in [5.41, 5.74) is 1.25. The van der Waals surface area contributed by atoms with E-state index in [1.165, 1.54) is 14.2 Å². The van der Waals surface area contributed by atoms with E-state index in [2.05, 4.69) is 62.0 Å². The molecule has 2 aromatic rings. The smallest absolute Gasteiger partial charge is 0.142 e. The van der Waals surface area contributed by atoms with Gasteiger partial charge in [-0.25, -0.2) is 0 Å². The first-order valence-corrected chi connectivity index (χ1v) is 8.19. The molecule has 1 atom stereocenters. The SMILES string of the molecule is CCC(Br)c1nnc(-c2cc(C)c(Br)s2)s1. The van der Waals surface area contributed by atoms with E-state index in [0.29, 0.717) is 4.83 Å². The van der Waals surface area contributed by atoms with Gasteiger partial charge in [-0.1, -0.05) is 34.2 Å². The number of thiophene rings is 1. The van der Waals surface area contributed by atoms with Gasteiger partial charge in [0, 0.05) is 0 Å². The number of alkyl halides is 1.